The van der Waals surface area contributed by atoms with Gasteiger partial charge in [0, 0.05) is 11.5 Å². The second-order valence-corrected chi connectivity index (χ2v) is 4.22. The van der Waals surface area contributed by atoms with E-state index < -0.39 is 11.7 Å². The van der Waals surface area contributed by atoms with Crippen LogP contribution in [0.15, 0.2) is 18.2 Å². The molecule has 0 N–H and O–H groups in total. The number of alkyl halides is 3. The first-order valence-corrected chi connectivity index (χ1v) is 5.11. The monoisotopic (exact) mass is 228 g/mol. The van der Waals surface area contributed by atoms with Gasteiger partial charge in [0.25, 0.3) is 0 Å². The van der Waals surface area contributed by atoms with Crippen molar-refractivity contribution < 1.29 is 18.0 Å². The van der Waals surface area contributed by atoms with Gasteiger partial charge >= 0.3 is 6.18 Å². The fourth-order valence-electron chi connectivity index (χ4n) is 1.67. The lowest BCUT2D eigenvalue weighted by molar-refractivity contribution is -0.137. The molecule has 0 heterocycles. The molecule has 0 bridgehead atoms. The van der Waals surface area contributed by atoms with Gasteiger partial charge in [-0.3, -0.25) is 4.79 Å². The molecule has 1 saturated carbocycles. The van der Waals surface area contributed by atoms with Crippen LogP contribution in [0.4, 0.5) is 13.2 Å². The smallest absolute Gasteiger partial charge is 0.294 e. The maximum Gasteiger partial charge on any atom is 0.416 e. The molecule has 1 aromatic carbocycles. The lowest BCUT2D eigenvalue weighted by atomic mass is 10.0. The van der Waals surface area contributed by atoms with E-state index in [2.05, 4.69) is 0 Å². The Kier molecular flexibility index (Phi) is 2.52. The highest BCUT2D eigenvalue weighted by atomic mass is 19.4. The van der Waals surface area contributed by atoms with Crippen molar-refractivity contribution in [3.05, 3.63) is 34.9 Å². The zero-order valence-electron chi connectivity index (χ0n) is 8.77. The van der Waals surface area contributed by atoms with Crippen LogP contribution in [0, 0.1) is 12.8 Å². The lowest BCUT2D eigenvalue weighted by Gasteiger charge is -2.09. The minimum atomic E-state index is -4.38. The molecule has 1 aromatic rings. The fourth-order valence-corrected chi connectivity index (χ4v) is 1.67. The number of Topliss-reactive ketones (excluding diaryl/α,β-unsaturated/α-hetero) is 1. The Hall–Kier alpha value is -1.32. The molecule has 0 saturated heterocycles. The summed E-state index contributed by atoms with van der Waals surface area (Å²) in [4.78, 5) is 11.7. The van der Waals surface area contributed by atoms with E-state index in [-0.39, 0.29) is 17.3 Å². The number of benzene rings is 1. The summed E-state index contributed by atoms with van der Waals surface area (Å²) >= 11 is 0. The van der Waals surface area contributed by atoms with Crippen LogP contribution in [-0.4, -0.2) is 5.78 Å². The molecule has 1 fully saturated rings. The highest BCUT2D eigenvalue weighted by Crippen LogP contribution is 2.35. The van der Waals surface area contributed by atoms with Gasteiger partial charge in [0.05, 0.1) is 5.56 Å². The third kappa shape index (κ3) is 2.26. The van der Waals surface area contributed by atoms with Crippen molar-refractivity contribution in [3.8, 4) is 0 Å². The van der Waals surface area contributed by atoms with E-state index in [0.717, 1.165) is 25.0 Å². The molecule has 16 heavy (non-hydrogen) atoms. The summed E-state index contributed by atoms with van der Waals surface area (Å²) < 4.78 is 37.6. The summed E-state index contributed by atoms with van der Waals surface area (Å²) in [5, 5.41) is 0. The van der Waals surface area contributed by atoms with E-state index in [0.29, 0.717) is 5.56 Å². The molecule has 1 nitrogen and oxygen atoms in total. The van der Waals surface area contributed by atoms with Crippen molar-refractivity contribution in [1.82, 2.24) is 0 Å². The highest BCUT2D eigenvalue weighted by molar-refractivity contribution is 5.99. The third-order valence-corrected chi connectivity index (χ3v) is 2.64. The molecule has 0 unspecified atom stereocenters. The SMILES string of the molecule is Cc1cc(C(=O)C2CC2)cc(C(F)(F)F)c1. The molecule has 0 aliphatic heterocycles. The minimum absolute atomic E-state index is 0.0529. The Bertz CT molecular complexity index is 430. The van der Waals surface area contributed by atoms with Gasteiger partial charge in [-0.25, -0.2) is 0 Å². The molecule has 0 amide bonds. The topological polar surface area (TPSA) is 17.1 Å². The number of halogens is 3. The molecular weight excluding hydrogens is 217 g/mol. The molecule has 4 heteroatoms. The largest absolute Gasteiger partial charge is 0.416 e. The van der Waals surface area contributed by atoms with Crippen LogP contribution < -0.4 is 0 Å². The van der Waals surface area contributed by atoms with Gasteiger partial charge in [0.2, 0.25) is 0 Å². The first-order valence-electron chi connectivity index (χ1n) is 5.11. The van der Waals surface area contributed by atoms with E-state index >= 15 is 0 Å². The zero-order chi connectivity index (χ0) is 11.9. The Balaban J connectivity index is 2.39. The normalized spacial score (nSPS) is 16.2. The van der Waals surface area contributed by atoms with Gasteiger partial charge in [0.1, 0.15) is 0 Å². The Morgan fingerprint density at radius 1 is 1.25 bits per heavy atom. The van der Waals surface area contributed by atoms with Crippen molar-refractivity contribution in [2.24, 2.45) is 5.92 Å². The van der Waals surface area contributed by atoms with E-state index in [9.17, 15) is 18.0 Å². The summed E-state index contributed by atoms with van der Waals surface area (Å²) in [6.07, 6.45) is -2.78. The number of carbonyl (C=O) groups excluding carboxylic acids is 1. The number of rotatable bonds is 2. The van der Waals surface area contributed by atoms with Crippen molar-refractivity contribution in [1.29, 1.82) is 0 Å². The second-order valence-electron chi connectivity index (χ2n) is 4.22. The Morgan fingerprint density at radius 3 is 2.38 bits per heavy atom. The van der Waals surface area contributed by atoms with Gasteiger partial charge in [-0.1, -0.05) is 0 Å². The van der Waals surface area contributed by atoms with E-state index in [1.54, 1.807) is 6.92 Å². The average molecular weight is 228 g/mol. The number of aryl methyl sites for hydroxylation is 1. The molecule has 2 rings (SSSR count). The maximum absolute atomic E-state index is 12.5. The maximum atomic E-state index is 12.5. The van der Waals surface area contributed by atoms with E-state index in [4.69, 9.17) is 0 Å². The van der Waals surface area contributed by atoms with Crippen LogP contribution in [-0.2, 0) is 6.18 Å². The molecule has 1 aliphatic rings. The molecule has 0 aromatic heterocycles. The Morgan fingerprint density at radius 2 is 1.88 bits per heavy atom. The van der Waals surface area contributed by atoms with Gasteiger partial charge in [-0.15, -0.1) is 0 Å². The first-order chi connectivity index (χ1) is 7.38. The molecule has 86 valence electrons. The summed E-state index contributed by atoms with van der Waals surface area (Å²) in [5.74, 6) is -0.211. The molecular formula is C12H11F3O. The van der Waals surface area contributed by atoms with Gasteiger partial charge in [-0.2, -0.15) is 13.2 Å². The van der Waals surface area contributed by atoms with Crippen LogP contribution in [0.25, 0.3) is 0 Å². The van der Waals surface area contributed by atoms with Crippen molar-refractivity contribution in [2.75, 3.05) is 0 Å². The fraction of sp³-hybridized carbons (Fsp3) is 0.417. The van der Waals surface area contributed by atoms with Crippen LogP contribution in [0.5, 0.6) is 0 Å². The highest BCUT2D eigenvalue weighted by Gasteiger charge is 2.34. The van der Waals surface area contributed by atoms with Gasteiger partial charge < -0.3 is 0 Å². The second kappa shape index (κ2) is 3.61. The van der Waals surface area contributed by atoms with E-state index in [1.165, 1.54) is 6.07 Å². The number of ketones is 1. The quantitative estimate of drug-likeness (QED) is 0.707. The van der Waals surface area contributed by atoms with Crippen LogP contribution >= 0.6 is 0 Å². The number of hydrogen-bond donors (Lipinski definition) is 0. The van der Waals surface area contributed by atoms with Crippen LogP contribution in [0.2, 0.25) is 0 Å². The third-order valence-electron chi connectivity index (χ3n) is 2.64. The lowest BCUT2D eigenvalue weighted by Crippen LogP contribution is -2.09. The van der Waals surface area contributed by atoms with Crippen molar-refractivity contribution >= 4 is 5.78 Å². The van der Waals surface area contributed by atoms with Gasteiger partial charge in [0.15, 0.2) is 5.78 Å². The van der Waals surface area contributed by atoms with Crippen LogP contribution in [0.1, 0.15) is 34.3 Å². The molecule has 0 radical (unpaired) electrons. The zero-order valence-corrected chi connectivity index (χ0v) is 8.77. The summed E-state index contributed by atoms with van der Waals surface area (Å²) in [5.41, 5.74) is -0.0786. The summed E-state index contributed by atoms with van der Waals surface area (Å²) in [6.45, 7) is 1.57. The predicted octanol–water partition coefficient (Wildman–Crippen LogP) is 3.61. The molecule has 0 atom stereocenters. The molecule has 1 aliphatic carbocycles. The summed E-state index contributed by atoms with van der Waals surface area (Å²) in [7, 11) is 0. The standard InChI is InChI=1S/C12H11F3O/c1-7-4-9(11(16)8-2-3-8)6-10(5-7)12(13,14)15/h4-6,8H,2-3H2,1H3. The van der Waals surface area contributed by atoms with Crippen molar-refractivity contribution in [2.45, 2.75) is 25.9 Å². The Labute approximate surface area is 91.3 Å². The summed E-state index contributed by atoms with van der Waals surface area (Å²) in [6, 6.07) is 3.53. The van der Waals surface area contributed by atoms with Crippen LogP contribution in [0.3, 0.4) is 0 Å². The number of carbonyl (C=O) groups is 1. The van der Waals surface area contributed by atoms with Crippen molar-refractivity contribution in [3.63, 3.8) is 0 Å². The predicted molar refractivity (Wildman–Crippen MR) is 53.2 cm³/mol. The van der Waals surface area contributed by atoms with Gasteiger partial charge in [-0.05, 0) is 43.5 Å². The first kappa shape index (κ1) is 11.2. The molecule has 0 spiro atoms. The number of hydrogen-bond acceptors (Lipinski definition) is 1. The van der Waals surface area contributed by atoms with E-state index in [1.807, 2.05) is 0 Å². The average Bonchev–Trinajstić information content (AvgIpc) is 2.97. The minimum Gasteiger partial charge on any atom is -0.294 e.